The van der Waals surface area contributed by atoms with Crippen LogP contribution < -0.4 is 0 Å². The minimum Gasteiger partial charge on any atom is -0.307 e. The van der Waals surface area contributed by atoms with E-state index in [4.69, 9.17) is 15.0 Å². The van der Waals surface area contributed by atoms with E-state index in [0.29, 0.717) is 17.7 Å². The molecule has 3 aromatic heterocycles. The Morgan fingerprint density at radius 1 is 0.468 bits per heavy atom. The molecule has 3 heterocycles. The summed E-state index contributed by atoms with van der Waals surface area (Å²) in [6, 6.07) is 77.3. The molecule has 372 valence electrons. The number of nitrogens with zero attached hydrogens (tertiary/aromatic N) is 5. The van der Waals surface area contributed by atoms with Crippen LogP contribution in [0.15, 0.2) is 231 Å². The quantitative estimate of drug-likeness (QED) is 0.152. The summed E-state index contributed by atoms with van der Waals surface area (Å²) < 4.78 is 4.79. The summed E-state index contributed by atoms with van der Waals surface area (Å²) in [5.74, 6) is 2.45. The molecule has 2 atom stereocenters. The van der Waals surface area contributed by atoms with Gasteiger partial charge in [0.05, 0.1) is 22.1 Å². The van der Waals surface area contributed by atoms with E-state index in [0.717, 1.165) is 84.8 Å². The van der Waals surface area contributed by atoms with Crippen molar-refractivity contribution in [2.24, 2.45) is 5.92 Å². The van der Waals surface area contributed by atoms with Crippen LogP contribution in [0.1, 0.15) is 75.9 Å². The first-order valence-corrected chi connectivity index (χ1v) is 27.3. The number of allylic oxidation sites excluding steroid dienone is 4. The molecule has 0 fully saturated rings. The van der Waals surface area contributed by atoms with Gasteiger partial charge in [-0.3, -0.25) is 4.57 Å². The van der Waals surface area contributed by atoms with E-state index in [1.165, 1.54) is 44.3 Å². The van der Waals surface area contributed by atoms with Gasteiger partial charge >= 0.3 is 0 Å². The second kappa shape index (κ2) is 18.1. The molecular formula is C72H59N5. The number of benzene rings is 9. The number of rotatable bonds is 8. The summed E-state index contributed by atoms with van der Waals surface area (Å²) in [7, 11) is 0. The summed E-state index contributed by atoms with van der Waals surface area (Å²) in [5, 5.41) is 4.62. The van der Waals surface area contributed by atoms with Crippen molar-refractivity contribution in [1.82, 2.24) is 24.1 Å². The van der Waals surface area contributed by atoms with Gasteiger partial charge in [-0.05, 0) is 116 Å². The van der Waals surface area contributed by atoms with Crippen LogP contribution in [0.5, 0.6) is 0 Å². The highest BCUT2D eigenvalue weighted by Crippen LogP contribution is 2.52. The molecule has 0 spiro atoms. The predicted octanol–water partition coefficient (Wildman–Crippen LogP) is 18.5. The zero-order valence-electron chi connectivity index (χ0n) is 44.2. The lowest BCUT2D eigenvalue weighted by molar-refractivity contribution is 0.234. The van der Waals surface area contributed by atoms with Crippen molar-refractivity contribution in [3.05, 3.63) is 253 Å². The normalized spacial score (nSPS) is 16.8. The molecule has 2 unspecified atom stereocenters. The van der Waals surface area contributed by atoms with Crippen LogP contribution >= 0.6 is 0 Å². The maximum absolute atomic E-state index is 5.62. The van der Waals surface area contributed by atoms with E-state index in [-0.39, 0.29) is 16.7 Å². The zero-order valence-corrected chi connectivity index (χ0v) is 44.2. The average molecular weight is 994 g/mol. The van der Waals surface area contributed by atoms with Crippen LogP contribution in [-0.4, -0.2) is 24.1 Å². The van der Waals surface area contributed by atoms with E-state index >= 15 is 0 Å². The molecule has 5 heteroatoms. The Labute approximate surface area is 450 Å². The number of fused-ring (bicyclic) bond motifs is 8. The van der Waals surface area contributed by atoms with Gasteiger partial charge in [-0.25, -0.2) is 4.98 Å². The Hall–Kier alpha value is -8.93. The molecule has 9 aromatic carbocycles. The molecule has 14 rings (SSSR count). The summed E-state index contributed by atoms with van der Waals surface area (Å²) in [5.41, 5.74) is 19.0. The molecule has 0 amide bonds. The molecule has 0 aliphatic heterocycles. The zero-order chi connectivity index (χ0) is 52.0. The molecule has 0 radical (unpaired) electrons. The Morgan fingerprint density at radius 2 is 1.04 bits per heavy atom. The van der Waals surface area contributed by atoms with Crippen molar-refractivity contribution >= 4 is 49.2 Å². The summed E-state index contributed by atoms with van der Waals surface area (Å²) in [4.78, 5) is 16.6. The largest absolute Gasteiger partial charge is 0.307 e. The van der Waals surface area contributed by atoms with E-state index in [9.17, 15) is 0 Å². The molecule has 12 aromatic rings. The number of hydrogen-bond acceptors (Lipinski definition) is 3. The first-order chi connectivity index (χ1) is 37.6. The molecule has 2 aliphatic rings. The van der Waals surface area contributed by atoms with Crippen molar-refractivity contribution in [3.8, 4) is 56.4 Å². The van der Waals surface area contributed by atoms with Gasteiger partial charge in [0.15, 0.2) is 5.82 Å². The van der Waals surface area contributed by atoms with Crippen LogP contribution in [0.3, 0.4) is 0 Å². The minimum absolute atomic E-state index is 0.0507. The third kappa shape index (κ3) is 7.70. The van der Waals surface area contributed by atoms with Crippen molar-refractivity contribution < 1.29 is 0 Å². The second-order valence-electron chi connectivity index (χ2n) is 22.6. The standard InChI is InChI=1S/C72H59N5/c1-46-45-71(2,3)65-56(33-20-34-62(65)72(46,4)5)53-27-18-25-51(43-53)52-26-19-28-54(44-52)76-63-35-16-14-30-57(63)59-41-42-60-58-31-15-17-36-64(58)77(67(60)66(59)76)70-74-68(50-39-37-48(38-40-50)47-21-8-6-9-22-47)73-69(75-70)61-32-13-12-29-55(61)49-23-10-7-11-24-49/h6-31,33-44,46,61H,32,45H2,1-5H3. The Balaban J connectivity index is 0.984. The summed E-state index contributed by atoms with van der Waals surface area (Å²) in [6.45, 7) is 12.2. The van der Waals surface area contributed by atoms with Gasteiger partial charge in [-0.15, -0.1) is 0 Å². The van der Waals surface area contributed by atoms with Gasteiger partial charge in [-0.1, -0.05) is 235 Å². The van der Waals surface area contributed by atoms with E-state index in [2.05, 4.69) is 274 Å². The van der Waals surface area contributed by atoms with Gasteiger partial charge in [-0.2, -0.15) is 9.97 Å². The lowest BCUT2D eigenvalue weighted by Gasteiger charge is -2.47. The highest BCUT2D eigenvalue weighted by molar-refractivity contribution is 6.23. The molecule has 0 N–H and O–H groups in total. The fraction of sp³-hybridized carbons (Fsp3) is 0.153. The molecular weight excluding hydrogens is 935 g/mol. The summed E-state index contributed by atoms with van der Waals surface area (Å²) >= 11 is 0. The van der Waals surface area contributed by atoms with Gasteiger partial charge in [0, 0.05) is 38.7 Å². The molecule has 2 aliphatic carbocycles. The fourth-order valence-corrected chi connectivity index (χ4v) is 13.1. The first kappa shape index (κ1) is 46.6. The number of para-hydroxylation sites is 2. The smallest absolute Gasteiger partial charge is 0.238 e. The Kier molecular flexibility index (Phi) is 11.0. The lowest BCUT2D eigenvalue weighted by Crippen LogP contribution is -2.40. The second-order valence-corrected chi connectivity index (χ2v) is 22.6. The van der Waals surface area contributed by atoms with Crippen LogP contribution in [0, 0.1) is 5.92 Å². The van der Waals surface area contributed by atoms with E-state index in [1.807, 2.05) is 0 Å². The van der Waals surface area contributed by atoms with Crippen molar-refractivity contribution in [1.29, 1.82) is 0 Å². The molecule has 5 nitrogen and oxygen atoms in total. The topological polar surface area (TPSA) is 48.5 Å². The minimum atomic E-state index is -0.0957. The van der Waals surface area contributed by atoms with E-state index < -0.39 is 0 Å². The van der Waals surface area contributed by atoms with Crippen LogP contribution in [0.2, 0.25) is 0 Å². The Bertz CT molecular complexity index is 4340. The van der Waals surface area contributed by atoms with Crippen LogP contribution in [0.25, 0.3) is 106 Å². The molecule has 0 bridgehead atoms. The van der Waals surface area contributed by atoms with Gasteiger partial charge in [0.2, 0.25) is 5.95 Å². The lowest BCUT2D eigenvalue weighted by atomic mass is 9.57. The fourth-order valence-electron chi connectivity index (χ4n) is 13.1. The van der Waals surface area contributed by atoms with Crippen LogP contribution in [-0.2, 0) is 10.8 Å². The molecule has 0 saturated carbocycles. The maximum atomic E-state index is 5.62. The molecule has 0 saturated heterocycles. The van der Waals surface area contributed by atoms with E-state index in [1.54, 1.807) is 0 Å². The number of hydrogen-bond donors (Lipinski definition) is 0. The third-order valence-corrected chi connectivity index (χ3v) is 17.2. The highest BCUT2D eigenvalue weighted by Gasteiger charge is 2.43. The number of aromatic nitrogens is 5. The Morgan fingerprint density at radius 3 is 1.77 bits per heavy atom. The molecule has 77 heavy (non-hydrogen) atoms. The highest BCUT2D eigenvalue weighted by atomic mass is 15.2. The van der Waals surface area contributed by atoms with Gasteiger partial charge in [0.25, 0.3) is 0 Å². The summed E-state index contributed by atoms with van der Waals surface area (Å²) in [6.07, 6.45) is 8.54. The van der Waals surface area contributed by atoms with Crippen molar-refractivity contribution in [2.45, 2.75) is 64.2 Å². The van der Waals surface area contributed by atoms with Crippen molar-refractivity contribution in [3.63, 3.8) is 0 Å². The van der Waals surface area contributed by atoms with Gasteiger partial charge < -0.3 is 4.57 Å². The maximum Gasteiger partial charge on any atom is 0.238 e. The monoisotopic (exact) mass is 993 g/mol. The first-order valence-electron chi connectivity index (χ1n) is 27.3. The third-order valence-electron chi connectivity index (χ3n) is 17.2. The van der Waals surface area contributed by atoms with Gasteiger partial charge in [0.1, 0.15) is 5.82 Å². The predicted molar refractivity (Wildman–Crippen MR) is 321 cm³/mol. The average Bonchev–Trinajstić information content (AvgIpc) is 4.25. The SMILES string of the molecule is CC1CC(C)(C)c2c(-c3cccc(-c4cccc(-n5c6ccccc6c6ccc7c8ccccc8n(-c8nc(-c9ccc(-c%10ccccc%10)cc9)nc(C9CC=CC=C9c9ccccc9)n8)c7c65)c4)c3)cccc2C1(C)C. The van der Waals surface area contributed by atoms with Crippen LogP contribution in [0.4, 0.5) is 0 Å². The van der Waals surface area contributed by atoms with Crippen molar-refractivity contribution in [2.75, 3.05) is 0 Å².